The second kappa shape index (κ2) is 9.23. The molecule has 1 atom stereocenters. The fraction of sp³-hybridized carbons (Fsp3) is 0.240. The summed E-state index contributed by atoms with van der Waals surface area (Å²) in [6.45, 7) is 4.09. The van der Waals surface area contributed by atoms with Crippen LogP contribution in [0.25, 0.3) is 0 Å². The molecule has 144 valence electrons. The molecule has 0 aliphatic heterocycles. The number of amides is 1. The first-order valence-electron chi connectivity index (χ1n) is 9.61. The molecule has 0 aliphatic rings. The fourth-order valence-electron chi connectivity index (χ4n) is 3.35. The van der Waals surface area contributed by atoms with Crippen LogP contribution in [0.1, 0.15) is 40.3 Å². The minimum Gasteiger partial charge on any atom is -0.496 e. The maximum absolute atomic E-state index is 12.7. The number of hydrogen-bond acceptors (Lipinski definition) is 2. The molecule has 0 unspecified atom stereocenters. The van der Waals surface area contributed by atoms with Crippen LogP contribution < -0.4 is 10.1 Å². The molecule has 1 N–H and O–H groups in total. The highest BCUT2D eigenvalue weighted by Crippen LogP contribution is 2.23. The molecule has 3 aromatic rings. The molecule has 1 amide bonds. The van der Waals surface area contributed by atoms with Gasteiger partial charge in [-0.1, -0.05) is 72.3 Å². The lowest BCUT2D eigenvalue weighted by molar-refractivity contribution is -0.121. The van der Waals surface area contributed by atoms with E-state index in [1.165, 1.54) is 5.56 Å². The maximum atomic E-state index is 12.7. The lowest BCUT2D eigenvalue weighted by atomic mass is 9.97. The van der Waals surface area contributed by atoms with Crippen molar-refractivity contribution in [1.82, 2.24) is 5.32 Å². The van der Waals surface area contributed by atoms with Gasteiger partial charge in [-0.2, -0.15) is 0 Å². The van der Waals surface area contributed by atoms with Crippen LogP contribution in [0.2, 0.25) is 0 Å². The first kappa shape index (κ1) is 19.7. The van der Waals surface area contributed by atoms with E-state index in [9.17, 15) is 4.79 Å². The lowest BCUT2D eigenvalue weighted by Gasteiger charge is -2.20. The second-order valence-corrected chi connectivity index (χ2v) is 7.13. The van der Waals surface area contributed by atoms with Crippen LogP contribution in [0.4, 0.5) is 0 Å². The molecule has 3 heteroatoms. The predicted octanol–water partition coefficient (Wildman–Crippen LogP) is 5.15. The van der Waals surface area contributed by atoms with E-state index in [1.54, 1.807) is 7.11 Å². The van der Waals surface area contributed by atoms with E-state index in [4.69, 9.17) is 4.74 Å². The molecule has 0 radical (unpaired) electrons. The van der Waals surface area contributed by atoms with Gasteiger partial charge in [-0.3, -0.25) is 4.79 Å². The van der Waals surface area contributed by atoms with Crippen molar-refractivity contribution >= 4 is 5.91 Å². The Labute approximate surface area is 167 Å². The van der Waals surface area contributed by atoms with Crippen molar-refractivity contribution in [2.24, 2.45) is 0 Å². The van der Waals surface area contributed by atoms with Gasteiger partial charge in [-0.15, -0.1) is 0 Å². The van der Waals surface area contributed by atoms with E-state index >= 15 is 0 Å². The van der Waals surface area contributed by atoms with Gasteiger partial charge >= 0.3 is 0 Å². The quantitative estimate of drug-likeness (QED) is 0.622. The van der Waals surface area contributed by atoms with Gasteiger partial charge in [0, 0.05) is 6.42 Å². The standard InChI is InChI=1S/C25H27NO2/c1-18-9-13-22(14-10-18)25(21-7-5-4-6-8-21)26-24(27)16-12-20-11-15-23(28-3)19(2)17-20/h4-11,13-15,17,25H,12,16H2,1-3H3,(H,26,27)/t25-/m1/s1. The summed E-state index contributed by atoms with van der Waals surface area (Å²) in [7, 11) is 1.67. The Kier molecular flexibility index (Phi) is 6.49. The number of carbonyl (C=O) groups is 1. The Morgan fingerprint density at radius 3 is 2.25 bits per heavy atom. The number of benzene rings is 3. The Balaban J connectivity index is 1.71. The molecule has 3 aromatic carbocycles. The average molecular weight is 373 g/mol. The van der Waals surface area contributed by atoms with Gasteiger partial charge in [0.2, 0.25) is 5.91 Å². The Bertz CT molecular complexity index is 917. The SMILES string of the molecule is COc1ccc(CCC(=O)N[C@H](c2ccccc2)c2ccc(C)cc2)cc1C. The van der Waals surface area contributed by atoms with Gasteiger partial charge in [0.1, 0.15) is 5.75 Å². The zero-order valence-corrected chi connectivity index (χ0v) is 16.7. The largest absolute Gasteiger partial charge is 0.496 e. The van der Waals surface area contributed by atoms with Crippen LogP contribution in [0.3, 0.4) is 0 Å². The number of hydrogen-bond donors (Lipinski definition) is 1. The van der Waals surface area contributed by atoms with Crippen LogP contribution in [0, 0.1) is 13.8 Å². The van der Waals surface area contributed by atoms with Gasteiger partial charge < -0.3 is 10.1 Å². The average Bonchev–Trinajstić information content (AvgIpc) is 2.72. The topological polar surface area (TPSA) is 38.3 Å². The van der Waals surface area contributed by atoms with E-state index in [0.29, 0.717) is 12.8 Å². The molecular weight excluding hydrogens is 346 g/mol. The minimum atomic E-state index is -0.146. The first-order valence-corrected chi connectivity index (χ1v) is 9.61. The van der Waals surface area contributed by atoms with Crippen LogP contribution in [0.15, 0.2) is 72.8 Å². The second-order valence-electron chi connectivity index (χ2n) is 7.13. The number of ether oxygens (including phenoxy) is 1. The Morgan fingerprint density at radius 1 is 0.929 bits per heavy atom. The molecule has 0 bridgehead atoms. The number of aryl methyl sites for hydroxylation is 3. The molecule has 0 aliphatic carbocycles. The van der Waals surface area contributed by atoms with Gasteiger partial charge in [0.15, 0.2) is 0 Å². The minimum absolute atomic E-state index is 0.0444. The molecular formula is C25H27NO2. The van der Waals surface area contributed by atoms with Gasteiger partial charge in [-0.05, 0) is 48.6 Å². The Hall–Kier alpha value is -3.07. The monoisotopic (exact) mass is 373 g/mol. The maximum Gasteiger partial charge on any atom is 0.221 e. The molecule has 0 fully saturated rings. The summed E-state index contributed by atoms with van der Waals surface area (Å²) < 4.78 is 5.31. The van der Waals surface area contributed by atoms with E-state index < -0.39 is 0 Å². The van der Waals surface area contributed by atoms with Crippen molar-refractivity contribution in [1.29, 1.82) is 0 Å². The van der Waals surface area contributed by atoms with Gasteiger partial charge in [-0.25, -0.2) is 0 Å². The smallest absolute Gasteiger partial charge is 0.221 e. The molecule has 0 saturated heterocycles. The number of rotatable bonds is 7. The summed E-state index contributed by atoms with van der Waals surface area (Å²) in [5.74, 6) is 0.916. The van der Waals surface area contributed by atoms with Crippen molar-refractivity contribution in [3.63, 3.8) is 0 Å². The number of carbonyl (C=O) groups excluding carboxylic acids is 1. The summed E-state index contributed by atoms with van der Waals surface area (Å²) in [6, 6.07) is 24.3. The molecule has 0 saturated carbocycles. The number of methoxy groups -OCH3 is 1. The summed E-state index contributed by atoms with van der Waals surface area (Å²) in [5, 5.41) is 3.21. The van der Waals surface area contributed by atoms with Crippen LogP contribution in [0.5, 0.6) is 5.75 Å². The lowest BCUT2D eigenvalue weighted by Crippen LogP contribution is -2.29. The first-order chi connectivity index (χ1) is 13.6. The molecule has 0 spiro atoms. The summed E-state index contributed by atoms with van der Waals surface area (Å²) >= 11 is 0. The van der Waals surface area contributed by atoms with Crippen LogP contribution >= 0.6 is 0 Å². The van der Waals surface area contributed by atoms with Gasteiger partial charge in [0.25, 0.3) is 0 Å². The van der Waals surface area contributed by atoms with E-state index in [0.717, 1.165) is 28.0 Å². The molecule has 0 aromatic heterocycles. The molecule has 3 nitrogen and oxygen atoms in total. The summed E-state index contributed by atoms with van der Waals surface area (Å²) in [5.41, 5.74) is 5.60. The van der Waals surface area contributed by atoms with Gasteiger partial charge in [0.05, 0.1) is 13.2 Å². The number of nitrogens with one attached hydrogen (secondary N) is 1. The highest BCUT2D eigenvalue weighted by Gasteiger charge is 2.16. The third-order valence-electron chi connectivity index (χ3n) is 4.95. The zero-order valence-electron chi connectivity index (χ0n) is 16.7. The molecule has 28 heavy (non-hydrogen) atoms. The molecule has 0 heterocycles. The normalized spacial score (nSPS) is 11.7. The highest BCUT2D eigenvalue weighted by molar-refractivity contribution is 5.77. The van der Waals surface area contributed by atoms with Crippen molar-refractivity contribution in [3.8, 4) is 5.75 Å². The van der Waals surface area contributed by atoms with E-state index in [1.807, 2.05) is 37.3 Å². The van der Waals surface area contributed by atoms with Crippen molar-refractivity contribution < 1.29 is 9.53 Å². The molecule has 3 rings (SSSR count). The third kappa shape index (κ3) is 5.01. The summed E-state index contributed by atoms with van der Waals surface area (Å²) in [6.07, 6.45) is 1.15. The van der Waals surface area contributed by atoms with Crippen LogP contribution in [-0.4, -0.2) is 13.0 Å². The van der Waals surface area contributed by atoms with Crippen molar-refractivity contribution in [2.75, 3.05) is 7.11 Å². The zero-order chi connectivity index (χ0) is 19.9. The fourth-order valence-corrected chi connectivity index (χ4v) is 3.35. The highest BCUT2D eigenvalue weighted by atomic mass is 16.5. The van der Waals surface area contributed by atoms with Crippen LogP contribution in [-0.2, 0) is 11.2 Å². The Morgan fingerprint density at radius 2 is 1.61 bits per heavy atom. The van der Waals surface area contributed by atoms with Crippen molar-refractivity contribution in [3.05, 3.63) is 101 Å². The third-order valence-corrected chi connectivity index (χ3v) is 4.95. The van der Waals surface area contributed by atoms with Crippen molar-refractivity contribution in [2.45, 2.75) is 32.7 Å². The summed E-state index contributed by atoms with van der Waals surface area (Å²) in [4.78, 5) is 12.7. The van der Waals surface area contributed by atoms with E-state index in [-0.39, 0.29) is 11.9 Å². The van der Waals surface area contributed by atoms with E-state index in [2.05, 4.69) is 54.7 Å². The predicted molar refractivity (Wildman–Crippen MR) is 114 cm³/mol.